The molecule has 3 aromatic rings. The zero-order valence-electron chi connectivity index (χ0n) is 14.1. The summed E-state index contributed by atoms with van der Waals surface area (Å²) in [5, 5.41) is 18.9. The van der Waals surface area contributed by atoms with Crippen LogP contribution in [0.4, 0.5) is 11.5 Å². The molecule has 0 aliphatic rings. The fraction of sp³-hybridized carbons (Fsp3) is 0.111. The van der Waals surface area contributed by atoms with E-state index in [4.69, 9.17) is 23.2 Å². The van der Waals surface area contributed by atoms with Crippen molar-refractivity contribution in [1.82, 2.24) is 9.78 Å². The van der Waals surface area contributed by atoms with E-state index in [1.54, 1.807) is 28.9 Å². The highest BCUT2D eigenvalue weighted by Crippen LogP contribution is 2.26. The Morgan fingerprint density at radius 3 is 2.52 bits per heavy atom. The monoisotopic (exact) mass is 404 g/mol. The van der Waals surface area contributed by atoms with Crippen LogP contribution in [0, 0.1) is 17.0 Å². The van der Waals surface area contributed by atoms with Crippen LogP contribution in [0.5, 0.6) is 0 Å². The number of amides is 1. The number of aromatic nitrogens is 2. The predicted molar refractivity (Wildman–Crippen MR) is 104 cm³/mol. The second-order valence-electron chi connectivity index (χ2n) is 5.79. The molecule has 0 aliphatic heterocycles. The molecular weight excluding hydrogens is 391 g/mol. The molecule has 0 spiro atoms. The summed E-state index contributed by atoms with van der Waals surface area (Å²) in [5.74, 6) is -0.161. The van der Waals surface area contributed by atoms with Crippen LogP contribution in [-0.2, 0) is 6.54 Å². The van der Waals surface area contributed by atoms with Crippen LogP contribution < -0.4 is 5.32 Å². The van der Waals surface area contributed by atoms with Gasteiger partial charge in [0.25, 0.3) is 11.6 Å². The lowest BCUT2D eigenvalue weighted by Crippen LogP contribution is -2.13. The normalized spacial score (nSPS) is 10.6. The minimum absolute atomic E-state index is 0.155. The van der Waals surface area contributed by atoms with Gasteiger partial charge >= 0.3 is 0 Å². The third kappa shape index (κ3) is 4.27. The number of benzene rings is 2. The largest absolute Gasteiger partial charge is 0.305 e. The summed E-state index contributed by atoms with van der Waals surface area (Å²) in [6.45, 7) is 2.18. The van der Waals surface area contributed by atoms with Crippen molar-refractivity contribution in [3.8, 4) is 0 Å². The van der Waals surface area contributed by atoms with E-state index in [2.05, 4.69) is 10.4 Å². The minimum atomic E-state index is -0.553. The summed E-state index contributed by atoms with van der Waals surface area (Å²) < 4.78 is 1.66. The summed E-state index contributed by atoms with van der Waals surface area (Å²) in [4.78, 5) is 22.6. The summed E-state index contributed by atoms with van der Waals surface area (Å²) in [7, 11) is 0. The lowest BCUT2D eigenvalue weighted by molar-refractivity contribution is -0.384. The molecule has 138 valence electrons. The maximum atomic E-state index is 12.4. The van der Waals surface area contributed by atoms with E-state index in [0.717, 1.165) is 11.3 Å². The van der Waals surface area contributed by atoms with E-state index in [9.17, 15) is 14.9 Å². The van der Waals surface area contributed by atoms with Gasteiger partial charge < -0.3 is 5.32 Å². The SMILES string of the molecule is Cc1cc(NC(=O)c2cccc([N+](=O)[O-])c2)nn1Cc1c(Cl)cccc1Cl. The molecule has 0 atom stereocenters. The van der Waals surface area contributed by atoms with Gasteiger partial charge in [-0.1, -0.05) is 35.3 Å². The molecule has 1 amide bonds. The van der Waals surface area contributed by atoms with Gasteiger partial charge in [0.15, 0.2) is 5.82 Å². The Morgan fingerprint density at radius 1 is 1.19 bits per heavy atom. The zero-order chi connectivity index (χ0) is 19.6. The molecule has 0 bridgehead atoms. The van der Waals surface area contributed by atoms with Crippen LogP contribution in [0.3, 0.4) is 0 Å². The highest BCUT2D eigenvalue weighted by Gasteiger charge is 2.15. The van der Waals surface area contributed by atoms with Crippen molar-refractivity contribution >= 4 is 40.6 Å². The molecule has 3 rings (SSSR count). The van der Waals surface area contributed by atoms with Crippen molar-refractivity contribution in [3.05, 3.63) is 85.5 Å². The predicted octanol–water partition coefficient (Wildman–Crippen LogP) is 4.71. The van der Waals surface area contributed by atoms with Crippen molar-refractivity contribution in [3.63, 3.8) is 0 Å². The maximum Gasteiger partial charge on any atom is 0.270 e. The number of nitrogens with one attached hydrogen (secondary N) is 1. The molecule has 27 heavy (non-hydrogen) atoms. The Morgan fingerprint density at radius 2 is 1.85 bits per heavy atom. The topological polar surface area (TPSA) is 90.1 Å². The number of nitro groups is 1. The van der Waals surface area contributed by atoms with E-state index < -0.39 is 10.8 Å². The van der Waals surface area contributed by atoms with Crippen LogP contribution in [0.25, 0.3) is 0 Å². The van der Waals surface area contributed by atoms with Crippen LogP contribution in [-0.4, -0.2) is 20.6 Å². The quantitative estimate of drug-likeness (QED) is 0.492. The first-order chi connectivity index (χ1) is 12.8. The highest BCUT2D eigenvalue weighted by molar-refractivity contribution is 6.35. The molecule has 2 aromatic carbocycles. The van der Waals surface area contributed by atoms with Gasteiger partial charge in [0, 0.05) is 45.1 Å². The van der Waals surface area contributed by atoms with Gasteiger partial charge in [-0.2, -0.15) is 5.10 Å². The Labute approximate surface area is 164 Å². The minimum Gasteiger partial charge on any atom is -0.305 e. The van der Waals surface area contributed by atoms with Gasteiger partial charge in [0.2, 0.25) is 0 Å². The number of nitro benzene ring substituents is 1. The first-order valence-electron chi connectivity index (χ1n) is 7.88. The first kappa shape index (κ1) is 18.9. The third-order valence-electron chi connectivity index (χ3n) is 3.91. The van der Waals surface area contributed by atoms with Gasteiger partial charge in [-0.25, -0.2) is 0 Å². The van der Waals surface area contributed by atoms with Gasteiger partial charge in [0.05, 0.1) is 11.5 Å². The van der Waals surface area contributed by atoms with Crippen molar-refractivity contribution in [1.29, 1.82) is 0 Å². The van der Waals surface area contributed by atoms with Gasteiger partial charge in [-0.15, -0.1) is 0 Å². The molecule has 0 radical (unpaired) electrons. The lowest BCUT2D eigenvalue weighted by atomic mass is 10.2. The van der Waals surface area contributed by atoms with Crippen molar-refractivity contribution < 1.29 is 9.72 Å². The summed E-state index contributed by atoms with van der Waals surface area (Å²) in [6, 6.07) is 12.4. The number of nitrogens with zero attached hydrogens (tertiary/aromatic N) is 3. The van der Waals surface area contributed by atoms with E-state index in [1.165, 1.54) is 24.3 Å². The van der Waals surface area contributed by atoms with Gasteiger partial charge in [0.1, 0.15) is 0 Å². The number of hydrogen-bond donors (Lipinski definition) is 1. The average Bonchev–Trinajstić information content (AvgIpc) is 2.97. The summed E-state index contributed by atoms with van der Waals surface area (Å²) >= 11 is 12.4. The molecule has 0 saturated carbocycles. The van der Waals surface area contributed by atoms with E-state index in [1.807, 2.05) is 6.92 Å². The number of halogens is 2. The number of carbonyl (C=O) groups is 1. The number of aryl methyl sites for hydroxylation is 1. The fourth-order valence-electron chi connectivity index (χ4n) is 2.51. The molecule has 9 heteroatoms. The molecule has 0 unspecified atom stereocenters. The molecule has 0 saturated heterocycles. The number of anilines is 1. The van der Waals surface area contributed by atoms with E-state index in [-0.39, 0.29) is 11.3 Å². The number of non-ortho nitro benzene ring substituents is 1. The Bertz CT molecular complexity index is 1010. The fourth-order valence-corrected chi connectivity index (χ4v) is 3.03. The van der Waals surface area contributed by atoms with Crippen molar-refractivity contribution in [2.75, 3.05) is 5.32 Å². The standard InChI is InChI=1S/C18H14Cl2N4O3/c1-11-8-17(21-18(25)12-4-2-5-13(9-12)24(26)27)22-23(11)10-14-15(19)6-3-7-16(14)20/h2-9H,10H2,1H3,(H,21,22,25). The number of carbonyl (C=O) groups excluding carboxylic acids is 1. The van der Waals surface area contributed by atoms with Crippen LogP contribution in [0.1, 0.15) is 21.6 Å². The second-order valence-corrected chi connectivity index (χ2v) is 6.60. The highest BCUT2D eigenvalue weighted by atomic mass is 35.5. The molecular formula is C18H14Cl2N4O3. The van der Waals surface area contributed by atoms with Gasteiger partial charge in [-0.3, -0.25) is 19.6 Å². The van der Waals surface area contributed by atoms with Crippen LogP contribution in [0.15, 0.2) is 48.5 Å². The van der Waals surface area contributed by atoms with Crippen LogP contribution >= 0.6 is 23.2 Å². The lowest BCUT2D eigenvalue weighted by Gasteiger charge is -2.08. The van der Waals surface area contributed by atoms with Gasteiger partial charge in [-0.05, 0) is 25.1 Å². The average molecular weight is 405 g/mol. The first-order valence-corrected chi connectivity index (χ1v) is 8.64. The molecule has 0 fully saturated rings. The summed E-state index contributed by atoms with van der Waals surface area (Å²) in [6.07, 6.45) is 0. The maximum absolute atomic E-state index is 12.4. The van der Waals surface area contributed by atoms with Crippen LogP contribution in [0.2, 0.25) is 10.0 Å². The Kier molecular flexibility index (Phi) is 5.43. The van der Waals surface area contributed by atoms with Crippen molar-refractivity contribution in [2.24, 2.45) is 0 Å². The molecule has 0 aliphatic carbocycles. The Balaban J connectivity index is 1.79. The number of rotatable bonds is 5. The smallest absolute Gasteiger partial charge is 0.270 e. The van der Waals surface area contributed by atoms with E-state index in [0.29, 0.717) is 22.4 Å². The molecule has 7 nitrogen and oxygen atoms in total. The Hall–Kier alpha value is -2.90. The third-order valence-corrected chi connectivity index (χ3v) is 4.62. The summed E-state index contributed by atoms with van der Waals surface area (Å²) in [5.41, 5.74) is 1.53. The molecule has 1 N–H and O–H groups in total. The van der Waals surface area contributed by atoms with E-state index >= 15 is 0 Å². The number of hydrogen-bond acceptors (Lipinski definition) is 4. The second kappa shape index (κ2) is 7.77. The molecule has 1 heterocycles. The molecule has 1 aromatic heterocycles. The zero-order valence-corrected chi connectivity index (χ0v) is 15.7. The van der Waals surface area contributed by atoms with Crippen molar-refractivity contribution in [2.45, 2.75) is 13.5 Å².